The molecule has 1 saturated heterocycles. The largest absolute Gasteiger partial charge is 0.314 e. The summed E-state index contributed by atoms with van der Waals surface area (Å²) in [7, 11) is 0. The first-order chi connectivity index (χ1) is 9.26. The number of rotatable bonds is 6. The minimum Gasteiger partial charge on any atom is -0.314 e. The highest BCUT2D eigenvalue weighted by atomic mass is 15.2. The molecule has 1 heterocycles. The van der Waals surface area contributed by atoms with Crippen molar-refractivity contribution in [2.75, 3.05) is 19.6 Å². The summed E-state index contributed by atoms with van der Waals surface area (Å²) in [5.41, 5.74) is 0.683. The first kappa shape index (κ1) is 13.9. The molecule has 0 aromatic carbocycles. The maximum Gasteiger partial charge on any atom is 0.0136 e. The lowest BCUT2D eigenvalue weighted by Crippen LogP contribution is -2.54. The van der Waals surface area contributed by atoms with Crippen molar-refractivity contribution in [3.63, 3.8) is 0 Å². The molecule has 1 N–H and O–H groups in total. The minimum absolute atomic E-state index is 0.683. The lowest BCUT2D eigenvalue weighted by atomic mass is 9.71. The van der Waals surface area contributed by atoms with E-state index in [9.17, 15) is 0 Å². The van der Waals surface area contributed by atoms with Gasteiger partial charge in [0.2, 0.25) is 0 Å². The molecule has 2 heteroatoms. The number of piperidine rings is 1. The van der Waals surface area contributed by atoms with E-state index in [0.29, 0.717) is 5.41 Å². The van der Waals surface area contributed by atoms with Crippen molar-refractivity contribution in [3.05, 3.63) is 0 Å². The summed E-state index contributed by atoms with van der Waals surface area (Å²) < 4.78 is 0. The van der Waals surface area contributed by atoms with Crippen LogP contribution in [0.4, 0.5) is 0 Å². The Labute approximate surface area is 119 Å². The molecule has 3 rings (SSSR count). The summed E-state index contributed by atoms with van der Waals surface area (Å²) in [5.74, 6) is 0.955. The summed E-state index contributed by atoms with van der Waals surface area (Å²) in [4.78, 5) is 2.83. The summed E-state index contributed by atoms with van der Waals surface area (Å²) in [5, 5.41) is 3.74. The normalized spacial score (nSPS) is 35.1. The summed E-state index contributed by atoms with van der Waals surface area (Å²) in [6.45, 7) is 8.81. The Morgan fingerprint density at radius 3 is 2.16 bits per heavy atom. The van der Waals surface area contributed by atoms with Crippen LogP contribution >= 0.6 is 0 Å². The van der Waals surface area contributed by atoms with Crippen molar-refractivity contribution in [1.29, 1.82) is 0 Å². The summed E-state index contributed by atoms with van der Waals surface area (Å²) in [6.07, 6.45) is 11.4. The van der Waals surface area contributed by atoms with Gasteiger partial charge in [0.15, 0.2) is 0 Å². The Balaban J connectivity index is 1.45. The number of nitrogens with zero attached hydrogens (tertiary/aromatic N) is 1. The van der Waals surface area contributed by atoms with E-state index in [0.717, 1.165) is 18.0 Å². The van der Waals surface area contributed by atoms with Crippen LogP contribution < -0.4 is 5.32 Å². The van der Waals surface area contributed by atoms with E-state index in [1.807, 2.05) is 0 Å². The molecule has 0 spiro atoms. The third-order valence-electron chi connectivity index (χ3n) is 6.45. The van der Waals surface area contributed by atoms with Gasteiger partial charge in [-0.15, -0.1) is 0 Å². The average Bonchev–Trinajstić information content (AvgIpc) is 3.23. The average molecular weight is 264 g/mol. The molecule has 0 amide bonds. The van der Waals surface area contributed by atoms with Crippen LogP contribution in [0.15, 0.2) is 0 Å². The monoisotopic (exact) mass is 264 g/mol. The standard InChI is InChI=1S/C17H32N2/c1-3-17(4-2)9-11-19(12-10-17)16-8-5-14(16)13-18-15-6-7-15/h14-16,18H,3-13H2,1-2H3. The molecule has 2 aliphatic carbocycles. The molecule has 2 atom stereocenters. The van der Waals surface area contributed by atoms with Crippen LogP contribution in [0.3, 0.4) is 0 Å². The zero-order valence-corrected chi connectivity index (χ0v) is 13.0. The van der Waals surface area contributed by atoms with Crippen LogP contribution in [0.25, 0.3) is 0 Å². The van der Waals surface area contributed by atoms with Crippen LogP contribution in [0.1, 0.15) is 65.2 Å². The Morgan fingerprint density at radius 2 is 1.68 bits per heavy atom. The van der Waals surface area contributed by atoms with E-state index >= 15 is 0 Å². The van der Waals surface area contributed by atoms with Crippen molar-refractivity contribution >= 4 is 0 Å². The van der Waals surface area contributed by atoms with Crippen molar-refractivity contribution in [2.24, 2.45) is 11.3 Å². The molecule has 0 bridgehead atoms. The Hall–Kier alpha value is -0.0800. The second kappa shape index (κ2) is 5.73. The lowest BCUT2D eigenvalue weighted by molar-refractivity contribution is 0.00508. The van der Waals surface area contributed by atoms with Crippen molar-refractivity contribution in [1.82, 2.24) is 10.2 Å². The molecule has 19 heavy (non-hydrogen) atoms. The second-order valence-corrected chi connectivity index (χ2v) is 7.33. The van der Waals surface area contributed by atoms with Gasteiger partial charge in [-0.2, -0.15) is 0 Å². The smallest absolute Gasteiger partial charge is 0.0136 e. The number of hydrogen-bond donors (Lipinski definition) is 1. The highest BCUT2D eigenvalue weighted by Gasteiger charge is 2.40. The summed E-state index contributed by atoms with van der Waals surface area (Å²) in [6, 6.07) is 1.80. The zero-order valence-electron chi connectivity index (χ0n) is 13.0. The maximum atomic E-state index is 3.74. The van der Waals surface area contributed by atoms with Gasteiger partial charge in [-0.1, -0.05) is 26.7 Å². The van der Waals surface area contributed by atoms with Gasteiger partial charge in [0.1, 0.15) is 0 Å². The first-order valence-electron chi connectivity index (χ1n) is 8.74. The number of nitrogens with one attached hydrogen (secondary N) is 1. The number of likely N-dealkylation sites (tertiary alicyclic amines) is 1. The highest BCUT2D eigenvalue weighted by molar-refractivity contribution is 4.95. The zero-order chi connectivity index (χ0) is 13.3. The molecule has 2 nitrogen and oxygen atoms in total. The maximum absolute atomic E-state index is 3.74. The molecular formula is C17H32N2. The van der Waals surface area contributed by atoms with E-state index in [-0.39, 0.29) is 0 Å². The molecule has 1 aliphatic heterocycles. The SMILES string of the molecule is CCC1(CC)CCN(C2CCC2CNC2CC2)CC1. The van der Waals surface area contributed by atoms with Crippen molar-refractivity contribution in [3.8, 4) is 0 Å². The topological polar surface area (TPSA) is 15.3 Å². The van der Waals surface area contributed by atoms with Crippen LogP contribution in [-0.4, -0.2) is 36.6 Å². The molecule has 0 aromatic rings. The fourth-order valence-electron chi connectivity index (χ4n) is 4.16. The molecule has 110 valence electrons. The van der Waals surface area contributed by atoms with Gasteiger partial charge in [0, 0.05) is 12.1 Å². The Morgan fingerprint density at radius 1 is 1.00 bits per heavy atom. The predicted molar refractivity (Wildman–Crippen MR) is 81.4 cm³/mol. The Kier molecular flexibility index (Phi) is 4.19. The van der Waals surface area contributed by atoms with Gasteiger partial charge in [0.05, 0.1) is 0 Å². The van der Waals surface area contributed by atoms with Gasteiger partial charge in [-0.25, -0.2) is 0 Å². The quantitative estimate of drug-likeness (QED) is 0.791. The van der Waals surface area contributed by atoms with Crippen molar-refractivity contribution in [2.45, 2.75) is 77.3 Å². The van der Waals surface area contributed by atoms with E-state index in [1.165, 1.54) is 71.0 Å². The molecule has 0 aromatic heterocycles. The highest BCUT2D eigenvalue weighted by Crippen LogP contribution is 2.41. The third-order valence-corrected chi connectivity index (χ3v) is 6.45. The van der Waals surface area contributed by atoms with Crippen molar-refractivity contribution < 1.29 is 0 Å². The van der Waals surface area contributed by atoms with Gasteiger partial charge >= 0.3 is 0 Å². The van der Waals surface area contributed by atoms with E-state index < -0.39 is 0 Å². The van der Waals surface area contributed by atoms with Crippen LogP contribution in [0, 0.1) is 11.3 Å². The molecule has 2 unspecified atom stereocenters. The minimum atomic E-state index is 0.683. The lowest BCUT2D eigenvalue weighted by Gasteiger charge is -2.50. The van der Waals surface area contributed by atoms with Gasteiger partial charge < -0.3 is 10.2 Å². The molecule has 3 aliphatic rings. The molecule has 2 saturated carbocycles. The fourth-order valence-corrected chi connectivity index (χ4v) is 4.16. The summed E-state index contributed by atoms with van der Waals surface area (Å²) >= 11 is 0. The van der Waals surface area contributed by atoms with E-state index in [1.54, 1.807) is 0 Å². The van der Waals surface area contributed by atoms with E-state index in [4.69, 9.17) is 0 Å². The Bertz CT molecular complexity index is 284. The second-order valence-electron chi connectivity index (χ2n) is 7.33. The van der Waals surface area contributed by atoms with Gasteiger partial charge in [-0.05, 0) is 69.5 Å². The molecular weight excluding hydrogens is 232 g/mol. The van der Waals surface area contributed by atoms with Gasteiger partial charge in [0.25, 0.3) is 0 Å². The van der Waals surface area contributed by atoms with Crippen LogP contribution in [-0.2, 0) is 0 Å². The molecule has 3 fully saturated rings. The molecule has 0 radical (unpaired) electrons. The van der Waals surface area contributed by atoms with E-state index in [2.05, 4.69) is 24.1 Å². The van der Waals surface area contributed by atoms with Gasteiger partial charge in [-0.3, -0.25) is 0 Å². The number of hydrogen-bond acceptors (Lipinski definition) is 2. The van der Waals surface area contributed by atoms with Crippen LogP contribution in [0.2, 0.25) is 0 Å². The first-order valence-corrected chi connectivity index (χ1v) is 8.74. The third kappa shape index (κ3) is 3.00. The fraction of sp³-hybridized carbons (Fsp3) is 1.00. The van der Waals surface area contributed by atoms with Crippen LogP contribution in [0.5, 0.6) is 0 Å². The predicted octanol–water partition coefficient (Wildman–Crippen LogP) is 3.42.